The van der Waals surface area contributed by atoms with Crippen molar-refractivity contribution in [1.82, 2.24) is 10.2 Å². The van der Waals surface area contributed by atoms with Crippen LogP contribution >= 0.6 is 0 Å². The van der Waals surface area contributed by atoms with E-state index in [9.17, 15) is 24.3 Å². The van der Waals surface area contributed by atoms with Gasteiger partial charge in [-0.05, 0) is 63.1 Å². The molecule has 5 rings (SSSR count). The van der Waals surface area contributed by atoms with Gasteiger partial charge in [0, 0.05) is 18.7 Å². The minimum atomic E-state index is -1.28. The van der Waals surface area contributed by atoms with Gasteiger partial charge in [0.25, 0.3) is 5.91 Å². The number of rotatable bonds is 15. The highest BCUT2D eigenvalue weighted by atomic mass is 16.6. The molecule has 3 amide bonds. The third-order valence-corrected chi connectivity index (χ3v) is 10.4. The van der Waals surface area contributed by atoms with Gasteiger partial charge in [-0.15, -0.1) is 13.2 Å². The van der Waals surface area contributed by atoms with E-state index in [2.05, 4.69) is 18.5 Å². The Morgan fingerprint density at radius 3 is 2.43 bits per heavy atom. The topological polar surface area (TPSA) is 125 Å². The summed E-state index contributed by atoms with van der Waals surface area (Å²) in [7, 11) is 0. The van der Waals surface area contributed by atoms with Crippen LogP contribution in [-0.4, -0.2) is 76.7 Å². The van der Waals surface area contributed by atoms with Crippen LogP contribution in [0.4, 0.5) is 5.69 Å². The van der Waals surface area contributed by atoms with Gasteiger partial charge >= 0.3 is 5.97 Å². The maximum atomic E-state index is 14.9. The SMILES string of the molecule is C=CCCC(=O)N[C@H](C)[C@@H](OC(=O)[C@@H]1[C@H]2C(=O)N([C@@H](CC)CO)[C@H](C(=O)N(CC=C)c3c(C)cccc3C)[C@]23CC[C@H]1O3)c1ccccc1. The largest absolute Gasteiger partial charge is 0.455 e. The molecular formula is C39H49N3O7. The van der Waals surface area contributed by atoms with Crippen molar-refractivity contribution in [2.24, 2.45) is 11.8 Å². The number of hydrogen-bond donors (Lipinski definition) is 2. The molecule has 3 aliphatic rings. The summed E-state index contributed by atoms with van der Waals surface area (Å²) in [5.74, 6) is -3.50. The minimum Gasteiger partial charge on any atom is -0.455 e. The molecular weight excluding hydrogens is 622 g/mol. The lowest BCUT2D eigenvalue weighted by Gasteiger charge is -2.39. The van der Waals surface area contributed by atoms with Gasteiger partial charge in [0.05, 0.1) is 36.6 Å². The lowest BCUT2D eigenvalue weighted by Crippen LogP contribution is -2.59. The summed E-state index contributed by atoms with van der Waals surface area (Å²) >= 11 is 0. The molecule has 0 unspecified atom stereocenters. The number of esters is 1. The van der Waals surface area contributed by atoms with E-state index in [0.717, 1.165) is 16.8 Å². The van der Waals surface area contributed by atoms with Crippen molar-refractivity contribution in [3.63, 3.8) is 0 Å². The number of aliphatic hydroxyl groups excluding tert-OH is 1. The molecule has 49 heavy (non-hydrogen) atoms. The maximum absolute atomic E-state index is 14.9. The standard InChI is InChI=1S/C39H49N3O7/c1-7-10-19-30(44)40-26(6)34(27-17-12-11-13-18-27)48-38(47)31-29-20-21-39(49-29)32(31)36(45)42(28(9-3)23-43)35(39)37(46)41(22-8-2)33-24(4)15-14-16-25(33)5/h7-8,11-18,26,28-29,31-32,34-35,43H,1-2,9-10,19-23H2,3-6H3,(H,40,44)/t26-,28+,29-,31+,32+,34-,35-,39+/m1/s1. The van der Waals surface area contributed by atoms with E-state index in [1.807, 2.05) is 69.3 Å². The summed E-state index contributed by atoms with van der Waals surface area (Å²) in [6.07, 6.45) is 3.88. The number of fused-ring (bicyclic) bond motifs is 1. The zero-order valence-electron chi connectivity index (χ0n) is 29.0. The van der Waals surface area contributed by atoms with Crippen molar-refractivity contribution in [1.29, 1.82) is 0 Å². The summed E-state index contributed by atoms with van der Waals surface area (Å²) in [6, 6.07) is 12.7. The molecule has 10 heteroatoms. The molecule has 0 radical (unpaired) electrons. The highest BCUT2D eigenvalue weighted by molar-refractivity contribution is 6.05. The fourth-order valence-electron chi connectivity index (χ4n) is 8.19. The second kappa shape index (κ2) is 15.1. The third-order valence-electron chi connectivity index (χ3n) is 10.4. The van der Waals surface area contributed by atoms with Gasteiger partial charge in [-0.25, -0.2) is 0 Å². The van der Waals surface area contributed by atoms with Crippen LogP contribution in [0, 0.1) is 25.7 Å². The number of carbonyl (C=O) groups is 4. The molecule has 2 N–H and O–H groups in total. The number of ether oxygens (including phenoxy) is 2. The molecule has 8 atom stereocenters. The first kappa shape index (κ1) is 36.0. The second-order valence-electron chi connectivity index (χ2n) is 13.5. The van der Waals surface area contributed by atoms with Gasteiger partial charge in [0.1, 0.15) is 17.7 Å². The predicted octanol–water partition coefficient (Wildman–Crippen LogP) is 4.72. The number of likely N-dealkylation sites (tertiary alicyclic amines) is 1. The number of aryl methyl sites for hydroxylation is 2. The summed E-state index contributed by atoms with van der Waals surface area (Å²) in [5.41, 5.74) is 1.93. The monoisotopic (exact) mass is 671 g/mol. The number of allylic oxidation sites excluding steroid dienone is 1. The Morgan fingerprint density at radius 1 is 1.12 bits per heavy atom. The fourth-order valence-corrected chi connectivity index (χ4v) is 8.19. The van der Waals surface area contributed by atoms with Gasteiger partial charge < -0.3 is 29.7 Å². The third kappa shape index (κ3) is 6.56. The van der Waals surface area contributed by atoms with Crippen LogP contribution in [0.2, 0.25) is 0 Å². The molecule has 2 aromatic carbocycles. The molecule has 0 aromatic heterocycles. The number of carbonyl (C=O) groups excluding carboxylic acids is 4. The van der Waals surface area contributed by atoms with Gasteiger partial charge in [0.15, 0.2) is 0 Å². The van der Waals surface area contributed by atoms with Crippen LogP contribution in [0.15, 0.2) is 73.8 Å². The Labute approximate surface area is 289 Å². The summed E-state index contributed by atoms with van der Waals surface area (Å²) < 4.78 is 12.9. The van der Waals surface area contributed by atoms with Gasteiger partial charge in [0.2, 0.25) is 11.8 Å². The number of para-hydroxylation sites is 1. The van der Waals surface area contributed by atoms with Crippen molar-refractivity contribution in [3.8, 4) is 0 Å². The van der Waals surface area contributed by atoms with Gasteiger partial charge in [-0.1, -0.05) is 67.6 Å². The number of amides is 3. The highest BCUT2D eigenvalue weighted by Gasteiger charge is 2.75. The number of nitrogens with one attached hydrogen (secondary N) is 1. The van der Waals surface area contributed by atoms with Crippen molar-refractivity contribution >= 4 is 29.4 Å². The number of anilines is 1. The van der Waals surface area contributed by atoms with Crippen molar-refractivity contribution < 1.29 is 33.8 Å². The molecule has 0 aliphatic carbocycles. The van der Waals surface area contributed by atoms with Gasteiger partial charge in [-0.2, -0.15) is 0 Å². The average Bonchev–Trinajstić information content (AvgIpc) is 3.74. The van der Waals surface area contributed by atoms with Crippen LogP contribution in [-0.2, 0) is 28.7 Å². The fraction of sp³-hybridized carbons (Fsp3) is 0.487. The Kier molecular flexibility index (Phi) is 11.1. The van der Waals surface area contributed by atoms with E-state index in [1.54, 1.807) is 24.0 Å². The van der Waals surface area contributed by atoms with E-state index in [4.69, 9.17) is 9.47 Å². The first-order valence-electron chi connectivity index (χ1n) is 17.3. The molecule has 3 heterocycles. The van der Waals surface area contributed by atoms with Crippen LogP contribution in [0.5, 0.6) is 0 Å². The molecule has 0 saturated carbocycles. The predicted molar refractivity (Wildman–Crippen MR) is 186 cm³/mol. The van der Waals surface area contributed by atoms with Crippen LogP contribution in [0.25, 0.3) is 0 Å². The second-order valence-corrected chi connectivity index (χ2v) is 13.5. The Hall–Kier alpha value is -4.28. The van der Waals surface area contributed by atoms with E-state index >= 15 is 0 Å². The van der Waals surface area contributed by atoms with Crippen molar-refractivity contribution in [2.45, 2.75) is 95.7 Å². The molecule has 3 saturated heterocycles. The molecule has 3 fully saturated rings. The lowest BCUT2D eigenvalue weighted by molar-refractivity contribution is -0.162. The summed E-state index contributed by atoms with van der Waals surface area (Å²) in [6.45, 7) is 14.9. The molecule has 1 spiro atoms. The quantitative estimate of drug-likeness (QED) is 0.207. The number of aliphatic hydroxyl groups is 1. The lowest BCUT2D eigenvalue weighted by atomic mass is 9.70. The summed E-state index contributed by atoms with van der Waals surface area (Å²) in [4.78, 5) is 59.7. The van der Waals surface area contributed by atoms with Crippen LogP contribution in [0.1, 0.15) is 68.7 Å². The maximum Gasteiger partial charge on any atom is 0.313 e. The van der Waals surface area contributed by atoms with Gasteiger partial charge in [-0.3, -0.25) is 19.2 Å². The number of benzene rings is 2. The molecule has 3 aliphatic heterocycles. The van der Waals surface area contributed by atoms with Crippen LogP contribution in [0.3, 0.4) is 0 Å². The smallest absolute Gasteiger partial charge is 0.313 e. The van der Waals surface area contributed by atoms with E-state index in [1.165, 1.54) is 4.90 Å². The Balaban J connectivity index is 1.52. The summed E-state index contributed by atoms with van der Waals surface area (Å²) in [5, 5.41) is 13.4. The van der Waals surface area contributed by atoms with E-state index in [-0.39, 0.29) is 31.4 Å². The molecule has 2 bridgehead atoms. The average molecular weight is 672 g/mol. The number of hydrogen-bond acceptors (Lipinski definition) is 7. The molecule has 262 valence electrons. The van der Waals surface area contributed by atoms with E-state index < -0.39 is 59.6 Å². The number of nitrogens with zero attached hydrogens (tertiary/aromatic N) is 2. The Morgan fingerprint density at radius 2 is 1.82 bits per heavy atom. The normalized spacial score (nSPS) is 25.7. The zero-order chi connectivity index (χ0) is 35.5. The van der Waals surface area contributed by atoms with Crippen molar-refractivity contribution in [2.75, 3.05) is 18.1 Å². The van der Waals surface area contributed by atoms with E-state index in [0.29, 0.717) is 31.2 Å². The first-order valence-corrected chi connectivity index (χ1v) is 17.3. The van der Waals surface area contributed by atoms with Crippen LogP contribution < -0.4 is 10.2 Å². The zero-order valence-corrected chi connectivity index (χ0v) is 29.0. The Bertz CT molecular complexity index is 1550. The highest BCUT2D eigenvalue weighted by Crippen LogP contribution is 2.59. The molecule has 10 nitrogen and oxygen atoms in total. The minimum absolute atomic E-state index is 0.197. The first-order chi connectivity index (χ1) is 23.5. The molecule has 2 aromatic rings. The van der Waals surface area contributed by atoms with Crippen molar-refractivity contribution in [3.05, 3.63) is 90.5 Å².